The van der Waals surface area contributed by atoms with E-state index in [1.807, 2.05) is 56.3 Å². The molecule has 0 aliphatic heterocycles. The third-order valence-corrected chi connectivity index (χ3v) is 4.65. The first-order valence-corrected chi connectivity index (χ1v) is 9.67. The molecule has 0 saturated heterocycles. The monoisotopic (exact) mass is 377 g/mol. The van der Waals surface area contributed by atoms with Gasteiger partial charge < -0.3 is 5.32 Å². The van der Waals surface area contributed by atoms with Crippen LogP contribution in [0.4, 0.5) is 0 Å². The first-order chi connectivity index (χ1) is 13.5. The van der Waals surface area contributed by atoms with Crippen LogP contribution in [0, 0.1) is 5.41 Å². The van der Waals surface area contributed by atoms with E-state index in [2.05, 4.69) is 39.8 Å². The predicted molar refractivity (Wildman–Crippen MR) is 109 cm³/mol. The number of nitrogens with zero attached hydrogens (tertiary/aromatic N) is 4. The maximum atomic E-state index is 12.6. The van der Waals surface area contributed by atoms with E-state index in [-0.39, 0.29) is 5.91 Å². The van der Waals surface area contributed by atoms with Crippen LogP contribution < -0.4 is 5.32 Å². The SMILES string of the molecule is CCCc1ccc(-c2nnn(CC(C)(C)C(=O)NCc3ccccc3)n2)cc1. The standard InChI is InChI=1S/C22H27N5O/c1-4-8-17-11-13-19(14-12-17)20-24-26-27(25-20)16-22(2,3)21(28)23-15-18-9-6-5-7-10-18/h5-7,9-14H,4,8,15-16H2,1-3H3,(H,23,28). The Labute approximate surface area is 166 Å². The second kappa shape index (κ2) is 8.78. The Morgan fingerprint density at radius 2 is 1.75 bits per heavy atom. The van der Waals surface area contributed by atoms with Crippen LogP contribution in [0.3, 0.4) is 0 Å². The Morgan fingerprint density at radius 3 is 2.43 bits per heavy atom. The van der Waals surface area contributed by atoms with Crippen molar-refractivity contribution in [2.45, 2.75) is 46.7 Å². The van der Waals surface area contributed by atoms with Crippen LogP contribution in [0.2, 0.25) is 0 Å². The Kier molecular flexibility index (Phi) is 6.19. The highest BCUT2D eigenvalue weighted by Crippen LogP contribution is 2.20. The van der Waals surface area contributed by atoms with Crippen molar-refractivity contribution in [3.8, 4) is 11.4 Å². The van der Waals surface area contributed by atoms with Crippen LogP contribution in [-0.2, 0) is 24.3 Å². The highest BCUT2D eigenvalue weighted by Gasteiger charge is 2.29. The summed E-state index contributed by atoms with van der Waals surface area (Å²) in [5.74, 6) is 0.530. The minimum absolute atomic E-state index is 0.0425. The number of rotatable bonds is 8. The third-order valence-electron chi connectivity index (χ3n) is 4.65. The van der Waals surface area contributed by atoms with E-state index in [1.54, 1.807) is 0 Å². The highest BCUT2D eigenvalue weighted by atomic mass is 16.2. The lowest BCUT2D eigenvalue weighted by Gasteiger charge is -2.22. The summed E-state index contributed by atoms with van der Waals surface area (Å²) in [5, 5.41) is 15.7. The van der Waals surface area contributed by atoms with Crippen molar-refractivity contribution in [1.29, 1.82) is 0 Å². The summed E-state index contributed by atoms with van der Waals surface area (Å²) in [6.45, 7) is 6.79. The maximum absolute atomic E-state index is 12.6. The van der Waals surface area contributed by atoms with Crippen LogP contribution in [0.1, 0.15) is 38.3 Å². The second-order valence-electron chi connectivity index (χ2n) is 7.64. The topological polar surface area (TPSA) is 72.7 Å². The molecule has 0 fully saturated rings. The van der Waals surface area contributed by atoms with E-state index in [4.69, 9.17) is 0 Å². The number of aryl methyl sites for hydroxylation is 1. The highest BCUT2D eigenvalue weighted by molar-refractivity contribution is 5.81. The Hall–Kier alpha value is -3.02. The molecule has 6 heteroatoms. The summed E-state index contributed by atoms with van der Waals surface area (Å²) in [4.78, 5) is 14.1. The molecule has 28 heavy (non-hydrogen) atoms. The molecule has 0 bridgehead atoms. The molecule has 2 aromatic carbocycles. The maximum Gasteiger partial charge on any atom is 0.227 e. The summed E-state index contributed by atoms with van der Waals surface area (Å²) in [6, 6.07) is 18.1. The number of amides is 1. The van der Waals surface area contributed by atoms with Gasteiger partial charge in [-0.3, -0.25) is 4.79 Å². The molecule has 1 N–H and O–H groups in total. The molecule has 3 rings (SSSR count). The Balaban J connectivity index is 1.61. The Morgan fingerprint density at radius 1 is 1.04 bits per heavy atom. The van der Waals surface area contributed by atoms with E-state index in [0.717, 1.165) is 24.0 Å². The summed E-state index contributed by atoms with van der Waals surface area (Å²) in [7, 11) is 0. The van der Waals surface area contributed by atoms with Crippen LogP contribution in [0.25, 0.3) is 11.4 Å². The van der Waals surface area contributed by atoms with Crippen molar-refractivity contribution in [2.75, 3.05) is 0 Å². The lowest BCUT2D eigenvalue weighted by Crippen LogP contribution is -2.39. The van der Waals surface area contributed by atoms with Gasteiger partial charge >= 0.3 is 0 Å². The molecule has 0 unspecified atom stereocenters. The molecule has 6 nitrogen and oxygen atoms in total. The fourth-order valence-corrected chi connectivity index (χ4v) is 2.98. The van der Waals surface area contributed by atoms with Crippen molar-refractivity contribution in [1.82, 2.24) is 25.5 Å². The molecule has 1 heterocycles. The van der Waals surface area contributed by atoms with Gasteiger partial charge in [0.25, 0.3) is 0 Å². The molecule has 146 valence electrons. The Bertz CT molecular complexity index is 900. The minimum atomic E-state index is -0.655. The van der Waals surface area contributed by atoms with Gasteiger partial charge in [0.2, 0.25) is 11.7 Å². The lowest BCUT2D eigenvalue weighted by atomic mass is 9.92. The van der Waals surface area contributed by atoms with Crippen LogP contribution in [-0.4, -0.2) is 26.1 Å². The number of nitrogens with one attached hydrogen (secondary N) is 1. The van der Waals surface area contributed by atoms with E-state index in [9.17, 15) is 4.79 Å². The number of tetrazole rings is 1. The normalized spacial score (nSPS) is 11.4. The summed E-state index contributed by atoms with van der Waals surface area (Å²) in [6.07, 6.45) is 2.18. The van der Waals surface area contributed by atoms with E-state index >= 15 is 0 Å². The molecule has 0 aliphatic carbocycles. The summed E-state index contributed by atoms with van der Waals surface area (Å²) >= 11 is 0. The van der Waals surface area contributed by atoms with Crippen molar-refractivity contribution in [3.63, 3.8) is 0 Å². The zero-order valence-electron chi connectivity index (χ0n) is 16.7. The van der Waals surface area contributed by atoms with Crippen molar-refractivity contribution in [2.24, 2.45) is 5.41 Å². The molecule has 0 radical (unpaired) electrons. The first kappa shape index (κ1) is 19.7. The average Bonchev–Trinajstić information content (AvgIpc) is 3.15. The van der Waals surface area contributed by atoms with Gasteiger partial charge in [0.1, 0.15) is 0 Å². The van der Waals surface area contributed by atoms with Gasteiger partial charge in [-0.05, 0) is 36.6 Å². The molecule has 1 amide bonds. The van der Waals surface area contributed by atoms with Crippen LogP contribution in [0.5, 0.6) is 0 Å². The summed E-state index contributed by atoms with van der Waals surface area (Å²) < 4.78 is 0. The zero-order valence-corrected chi connectivity index (χ0v) is 16.7. The van der Waals surface area contributed by atoms with Gasteiger partial charge in [0, 0.05) is 12.1 Å². The van der Waals surface area contributed by atoms with Gasteiger partial charge in [0.15, 0.2) is 0 Å². The first-order valence-electron chi connectivity index (χ1n) is 9.67. The number of benzene rings is 2. The minimum Gasteiger partial charge on any atom is -0.352 e. The second-order valence-corrected chi connectivity index (χ2v) is 7.64. The van der Waals surface area contributed by atoms with Crippen molar-refractivity contribution >= 4 is 5.91 Å². The van der Waals surface area contributed by atoms with Crippen LogP contribution in [0.15, 0.2) is 54.6 Å². The number of carbonyl (C=O) groups is 1. The molecule has 0 spiro atoms. The number of hydrogen-bond donors (Lipinski definition) is 1. The molecule has 0 saturated carbocycles. The number of carbonyl (C=O) groups excluding carboxylic acids is 1. The fraction of sp³-hybridized carbons (Fsp3) is 0.364. The number of hydrogen-bond acceptors (Lipinski definition) is 4. The van der Waals surface area contributed by atoms with E-state index < -0.39 is 5.41 Å². The predicted octanol–water partition coefficient (Wildman–Crippen LogP) is 3.64. The molecule has 0 atom stereocenters. The molecular formula is C22H27N5O. The summed E-state index contributed by atoms with van der Waals surface area (Å²) in [5.41, 5.74) is 2.64. The van der Waals surface area contributed by atoms with Crippen molar-refractivity contribution in [3.05, 3.63) is 65.7 Å². The lowest BCUT2D eigenvalue weighted by molar-refractivity contribution is -0.130. The van der Waals surface area contributed by atoms with Gasteiger partial charge in [0.05, 0.1) is 12.0 Å². The third kappa shape index (κ3) is 5.03. The van der Waals surface area contributed by atoms with Gasteiger partial charge in [-0.25, -0.2) is 0 Å². The van der Waals surface area contributed by atoms with Crippen LogP contribution >= 0.6 is 0 Å². The molecule has 3 aromatic rings. The smallest absolute Gasteiger partial charge is 0.227 e. The van der Waals surface area contributed by atoms with E-state index in [0.29, 0.717) is 18.9 Å². The molecule has 1 aromatic heterocycles. The zero-order chi connectivity index (χ0) is 20.0. The van der Waals surface area contributed by atoms with E-state index in [1.165, 1.54) is 10.4 Å². The average molecular weight is 377 g/mol. The quantitative estimate of drug-likeness (QED) is 0.650. The largest absolute Gasteiger partial charge is 0.352 e. The number of aromatic nitrogens is 4. The fourth-order valence-electron chi connectivity index (χ4n) is 2.98. The van der Waals surface area contributed by atoms with Gasteiger partial charge in [-0.2, -0.15) is 4.80 Å². The van der Waals surface area contributed by atoms with Gasteiger partial charge in [-0.1, -0.05) is 67.9 Å². The molecular weight excluding hydrogens is 350 g/mol. The van der Waals surface area contributed by atoms with Gasteiger partial charge in [-0.15, -0.1) is 10.2 Å². The molecule has 0 aliphatic rings. The van der Waals surface area contributed by atoms with Crippen molar-refractivity contribution < 1.29 is 4.79 Å².